The lowest BCUT2D eigenvalue weighted by atomic mass is 10.0. The normalized spacial score (nSPS) is 19.0. The summed E-state index contributed by atoms with van der Waals surface area (Å²) < 4.78 is 1.62. The summed E-state index contributed by atoms with van der Waals surface area (Å²) in [4.78, 5) is 30.3. The summed E-state index contributed by atoms with van der Waals surface area (Å²) >= 11 is 0. The van der Waals surface area contributed by atoms with Gasteiger partial charge < -0.3 is 4.90 Å². The Bertz CT molecular complexity index is 751. The van der Waals surface area contributed by atoms with Crippen LogP contribution in [0.25, 0.3) is 0 Å². The van der Waals surface area contributed by atoms with E-state index in [0.717, 1.165) is 12.8 Å². The topological polar surface area (TPSA) is 83.9 Å². The van der Waals surface area contributed by atoms with Gasteiger partial charge in [0.25, 0.3) is 5.91 Å². The largest absolute Gasteiger partial charge is 0.343 e. The average molecular weight is 313 g/mol. The molecule has 7 heteroatoms. The van der Waals surface area contributed by atoms with Gasteiger partial charge in [-0.15, -0.1) is 0 Å². The van der Waals surface area contributed by atoms with Crippen LogP contribution in [0, 0.1) is 0 Å². The van der Waals surface area contributed by atoms with Crippen molar-refractivity contribution >= 4 is 5.91 Å². The third kappa shape index (κ3) is 2.78. The highest BCUT2D eigenvalue weighted by molar-refractivity contribution is 5.92. The van der Waals surface area contributed by atoms with Gasteiger partial charge in [0, 0.05) is 25.3 Å². The Morgan fingerprint density at radius 3 is 2.52 bits per heavy atom. The van der Waals surface area contributed by atoms with Crippen molar-refractivity contribution in [3.05, 3.63) is 46.4 Å². The maximum absolute atomic E-state index is 12.5. The number of hydrogen-bond acceptors (Lipinski definition) is 4. The summed E-state index contributed by atoms with van der Waals surface area (Å²) in [6.07, 6.45) is 7.34. The number of carbonyl (C=O) groups excluding carboxylic acids is 1. The first kappa shape index (κ1) is 14.2. The van der Waals surface area contributed by atoms with E-state index < -0.39 is 0 Å². The number of piperidine rings is 1. The molecule has 4 rings (SSSR count). The minimum absolute atomic E-state index is 0.0228. The van der Waals surface area contributed by atoms with Crippen molar-refractivity contribution in [2.75, 3.05) is 13.1 Å². The fourth-order valence-electron chi connectivity index (χ4n) is 3.22. The first-order chi connectivity index (χ1) is 11.2. The summed E-state index contributed by atoms with van der Waals surface area (Å²) in [6.45, 7) is 1.26. The number of carbonyl (C=O) groups is 1. The maximum Gasteiger partial charge on any atom is 0.343 e. The van der Waals surface area contributed by atoms with Gasteiger partial charge in [-0.3, -0.25) is 14.3 Å². The predicted molar refractivity (Wildman–Crippen MR) is 83.2 cm³/mol. The van der Waals surface area contributed by atoms with E-state index in [1.165, 1.54) is 24.7 Å². The second-order valence-corrected chi connectivity index (χ2v) is 6.34. The molecule has 0 bridgehead atoms. The Kier molecular flexibility index (Phi) is 3.48. The molecule has 0 unspecified atom stereocenters. The number of amides is 1. The summed E-state index contributed by atoms with van der Waals surface area (Å²) in [7, 11) is 0. The van der Waals surface area contributed by atoms with Crippen LogP contribution in [-0.4, -0.2) is 43.6 Å². The fourth-order valence-corrected chi connectivity index (χ4v) is 3.22. The lowest BCUT2D eigenvalue weighted by Gasteiger charge is -2.31. The first-order valence-corrected chi connectivity index (χ1v) is 8.09. The third-order valence-electron chi connectivity index (χ3n) is 4.78. The molecule has 1 aliphatic heterocycles. The minimum atomic E-state index is -0.188. The highest BCUT2D eigenvalue weighted by atomic mass is 16.2. The summed E-state index contributed by atoms with van der Waals surface area (Å²) in [5.74, 6) is 0.626. The Balaban J connectivity index is 1.40. The SMILES string of the molecule is O=C(c1ccc(C2CC2)cn1)N1CCC(n2cn[nH]c2=O)CC1. The number of likely N-dealkylation sites (tertiary alicyclic amines) is 1. The van der Waals surface area contributed by atoms with Gasteiger partial charge in [0.15, 0.2) is 0 Å². The Labute approximate surface area is 133 Å². The number of aromatic nitrogens is 4. The van der Waals surface area contributed by atoms with Crippen LogP contribution in [-0.2, 0) is 0 Å². The van der Waals surface area contributed by atoms with Crippen molar-refractivity contribution in [3.63, 3.8) is 0 Å². The van der Waals surface area contributed by atoms with Crippen LogP contribution in [0.3, 0.4) is 0 Å². The van der Waals surface area contributed by atoms with E-state index in [1.54, 1.807) is 4.57 Å². The summed E-state index contributed by atoms with van der Waals surface area (Å²) in [6, 6.07) is 3.97. The third-order valence-corrected chi connectivity index (χ3v) is 4.78. The van der Waals surface area contributed by atoms with E-state index in [9.17, 15) is 9.59 Å². The zero-order valence-electron chi connectivity index (χ0n) is 12.8. The Morgan fingerprint density at radius 2 is 1.96 bits per heavy atom. The smallest absolute Gasteiger partial charge is 0.337 e. The standard InChI is InChI=1S/C16H19N5O2/c22-15(14-4-3-12(9-17-14)11-1-2-11)20-7-5-13(6-8-20)21-10-18-19-16(21)23/h3-4,9-11,13H,1-2,5-8H2,(H,19,23). The number of nitrogens with zero attached hydrogens (tertiary/aromatic N) is 4. The van der Waals surface area contributed by atoms with Crippen molar-refractivity contribution in [3.8, 4) is 0 Å². The molecule has 2 aliphatic rings. The number of H-pyrrole nitrogens is 1. The fraction of sp³-hybridized carbons (Fsp3) is 0.500. The highest BCUT2D eigenvalue weighted by Gasteiger charge is 2.27. The van der Waals surface area contributed by atoms with Crippen molar-refractivity contribution in [2.45, 2.75) is 37.6 Å². The Hall–Kier alpha value is -2.44. The molecule has 1 aliphatic carbocycles. The second kappa shape index (κ2) is 5.64. The van der Waals surface area contributed by atoms with E-state index in [2.05, 4.69) is 15.2 Å². The molecule has 1 N–H and O–H groups in total. The summed E-state index contributed by atoms with van der Waals surface area (Å²) in [5, 5.41) is 6.17. The lowest BCUT2D eigenvalue weighted by molar-refractivity contribution is 0.0687. The van der Waals surface area contributed by atoms with Crippen LogP contribution < -0.4 is 5.69 Å². The molecule has 23 heavy (non-hydrogen) atoms. The van der Waals surface area contributed by atoms with E-state index in [4.69, 9.17) is 0 Å². The quantitative estimate of drug-likeness (QED) is 0.926. The number of nitrogens with one attached hydrogen (secondary N) is 1. The molecule has 2 aromatic rings. The van der Waals surface area contributed by atoms with Gasteiger partial charge in [0.2, 0.25) is 0 Å². The van der Waals surface area contributed by atoms with Gasteiger partial charge in [0.05, 0.1) is 0 Å². The number of pyridine rings is 1. The molecule has 0 atom stereocenters. The zero-order chi connectivity index (χ0) is 15.8. The zero-order valence-corrected chi connectivity index (χ0v) is 12.8. The van der Waals surface area contributed by atoms with Gasteiger partial charge in [-0.1, -0.05) is 6.07 Å². The van der Waals surface area contributed by atoms with Gasteiger partial charge in [-0.25, -0.2) is 9.89 Å². The van der Waals surface area contributed by atoms with Crippen LogP contribution in [0.15, 0.2) is 29.5 Å². The van der Waals surface area contributed by atoms with E-state index in [0.29, 0.717) is 24.7 Å². The first-order valence-electron chi connectivity index (χ1n) is 8.09. The van der Waals surface area contributed by atoms with Crippen LogP contribution in [0.1, 0.15) is 53.7 Å². The monoisotopic (exact) mass is 313 g/mol. The van der Waals surface area contributed by atoms with Crippen LogP contribution in [0.4, 0.5) is 0 Å². The molecule has 7 nitrogen and oxygen atoms in total. The molecule has 120 valence electrons. The van der Waals surface area contributed by atoms with Crippen LogP contribution in [0.2, 0.25) is 0 Å². The molecule has 1 saturated carbocycles. The highest BCUT2D eigenvalue weighted by Crippen LogP contribution is 2.39. The van der Waals surface area contributed by atoms with Crippen molar-refractivity contribution in [1.82, 2.24) is 24.6 Å². The van der Waals surface area contributed by atoms with Crippen molar-refractivity contribution in [1.29, 1.82) is 0 Å². The molecule has 0 radical (unpaired) electrons. The van der Waals surface area contributed by atoms with Crippen LogP contribution >= 0.6 is 0 Å². The Morgan fingerprint density at radius 1 is 1.17 bits per heavy atom. The lowest BCUT2D eigenvalue weighted by Crippen LogP contribution is -2.40. The molecule has 1 amide bonds. The van der Waals surface area contributed by atoms with Crippen molar-refractivity contribution in [2.24, 2.45) is 0 Å². The van der Waals surface area contributed by atoms with Gasteiger partial charge in [0.1, 0.15) is 12.0 Å². The van der Waals surface area contributed by atoms with Crippen molar-refractivity contribution < 1.29 is 4.79 Å². The number of rotatable bonds is 3. The second-order valence-electron chi connectivity index (χ2n) is 6.34. The minimum Gasteiger partial charge on any atom is -0.337 e. The van der Waals surface area contributed by atoms with Crippen LogP contribution in [0.5, 0.6) is 0 Å². The molecule has 0 spiro atoms. The van der Waals surface area contributed by atoms with Gasteiger partial charge >= 0.3 is 5.69 Å². The maximum atomic E-state index is 12.5. The van der Waals surface area contributed by atoms with E-state index in [-0.39, 0.29) is 17.6 Å². The van der Waals surface area contributed by atoms with E-state index in [1.807, 2.05) is 23.2 Å². The number of hydrogen-bond donors (Lipinski definition) is 1. The van der Waals surface area contributed by atoms with Gasteiger partial charge in [-0.05, 0) is 43.2 Å². The molecule has 2 fully saturated rings. The molecule has 2 aromatic heterocycles. The molecule has 1 saturated heterocycles. The average Bonchev–Trinajstić information content (AvgIpc) is 3.36. The molecule has 0 aromatic carbocycles. The summed E-state index contributed by atoms with van der Waals surface area (Å²) in [5.41, 5.74) is 1.56. The molecular weight excluding hydrogens is 294 g/mol. The molecular formula is C16H19N5O2. The molecule has 3 heterocycles. The van der Waals surface area contributed by atoms with E-state index >= 15 is 0 Å². The number of aromatic amines is 1. The van der Waals surface area contributed by atoms with Gasteiger partial charge in [-0.2, -0.15) is 5.10 Å². The predicted octanol–water partition coefficient (Wildman–Crippen LogP) is 1.32.